The first-order valence-corrected chi connectivity index (χ1v) is 9.35. The molecule has 148 valence electrons. The fourth-order valence-corrected chi connectivity index (χ4v) is 3.75. The van der Waals surface area contributed by atoms with Gasteiger partial charge in [0.2, 0.25) is 0 Å². The summed E-state index contributed by atoms with van der Waals surface area (Å²) in [5, 5.41) is 9.63. The van der Waals surface area contributed by atoms with Crippen molar-refractivity contribution in [3.05, 3.63) is 12.7 Å². The molecule has 1 fully saturated rings. The highest BCUT2D eigenvalue weighted by Crippen LogP contribution is 2.34. The molecule has 0 radical (unpaired) electrons. The highest BCUT2D eigenvalue weighted by Gasteiger charge is 2.51. The van der Waals surface area contributed by atoms with Gasteiger partial charge in [-0.3, -0.25) is 14.4 Å². The average molecular weight is 390 g/mol. The third-order valence-corrected chi connectivity index (χ3v) is 4.74. The quantitative estimate of drug-likeness (QED) is 0.269. The third kappa shape index (κ3) is 6.97. The fraction of sp³-hybridized carbons (Fsp3) is 0.706. The summed E-state index contributed by atoms with van der Waals surface area (Å²) in [5.41, 5.74) is -0.683. The van der Waals surface area contributed by atoms with E-state index in [9.17, 15) is 19.5 Å². The second-order valence-electron chi connectivity index (χ2n) is 5.75. The number of carbonyl (C=O) groups is 3. The van der Waals surface area contributed by atoms with Crippen molar-refractivity contribution < 1.29 is 38.4 Å². The van der Waals surface area contributed by atoms with E-state index in [1.165, 1.54) is 32.5 Å². The van der Waals surface area contributed by atoms with Crippen LogP contribution in [-0.4, -0.2) is 65.2 Å². The molecule has 1 saturated heterocycles. The number of hydrogen-bond acceptors (Lipinski definition) is 9. The van der Waals surface area contributed by atoms with Crippen LogP contribution in [0.15, 0.2) is 12.7 Å². The molecule has 0 aromatic carbocycles. The maximum atomic E-state index is 11.6. The summed E-state index contributed by atoms with van der Waals surface area (Å²) < 4.78 is 21.6. The van der Waals surface area contributed by atoms with E-state index in [0.717, 1.165) is 12.8 Å². The number of aliphatic hydroxyl groups excluding tert-OH is 1. The molecule has 1 N–H and O–H groups in total. The number of thioether (sulfide) groups is 1. The van der Waals surface area contributed by atoms with E-state index in [2.05, 4.69) is 6.58 Å². The topological polar surface area (TPSA) is 108 Å². The van der Waals surface area contributed by atoms with Gasteiger partial charge in [-0.25, -0.2) is 0 Å². The smallest absolute Gasteiger partial charge is 0.303 e. The lowest BCUT2D eigenvalue weighted by Gasteiger charge is -2.44. The first-order valence-electron chi connectivity index (χ1n) is 8.30. The summed E-state index contributed by atoms with van der Waals surface area (Å²) in [4.78, 5) is 34.5. The van der Waals surface area contributed by atoms with Crippen LogP contribution >= 0.6 is 11.8 Å². The molecule has 0 amide bonds. The zero-order chi connectivity index (χ0) is 19.7. The van der Waals surface area contributed by atoms with Crippen LogP contribution in [0.3, 0.4) is 0 Å². The van der Waals surface area contributed by atoms with Crippen LogP contribution < -0.4 is 0 Å². The normalized spacial score (nSPS) is 28.1. The molecule has 0 aromatic heterocycles. The standard InChI is InChI=1S/C17H26O8S/c1-5-6-7-8-26-17-16(24-12(4)21)15(23-11(3)20)14(22-10(2)19)13(9-18)25-17/h5,13-18H,1,6-9H2,2-4H3/t13-,14+,15+,16-,17-/m1/s1. The van der Waals surface area contributed by atoms with Gasteiger partial charge in [-0.15, -0.1) is 18.3 Å². The molecule has 1 heterocycles. The third-order valence-electron chi connectivity index (χ3n) is 3.51. The molecule has 0 aromatic rings. The summed E-state index contributed by atoms with van der Waals surface area (Å²) in [7, 11) is 0. The summed E-state index contributed by atoms with van der Waals surface area (Å²) in [6.45, 7) is 6.82. The lowest BCUT2D eigenvalue weighted by molar-refractivity contribution is -0.236. The fourth-order valence-electron chi connectivity index (χ4n) is 2.56. The molecule has 1 rings (SSSR count). The molecule has 0 aliphatic carbocycles. The molecular weight excluding hydrogens is 364 g/mol. The largest absolute Gasteiger partial charge is 0.456 e. The Labute approximate surface area is 157 Å². The van der Waals surface area contributed by atoms with E-state index in [4.69, 9.17) is 18.9 Å². The minimum absolute atomic E-state index is 0.452. The number of aliphatic hydroxyl groups is 1. The van der Waals surface area contributed by atoms with Gasteiger partial charge < -0.3 is 24.1 Å². The summed E-state index contributed by atoms with van der Waals surface area (Å²) in [6.07, 6.45) is -0.620. The van der Waals surface area contributed by atoms with Crippen molar-refractivity contribution in [3.63, 3.8) is 0 Å². The van der Waals surface area contributed by atoms with Crippen molar-refractivity contribution in [1.82, 2.24) is 0 Å². The van der Waals surface area contributed by atoms with Gasteiger partial charge in [-0.05, 0) is 18.6 Å². The first kappa shape index (κ1) is 22.5. The Balaban J connectivity index is 3.08. The molecule has 0 unspecified atom stereocenters. The van der Waals surface area contributed by atoms with Crippen molar-refractivity contribution in [2.45, 2.75) is 63.5 Å². The number of unbranched alkanes of at least 4 members (excludes halogenated alkanes) is 1. The molecule has 1 aliphatic heterocycles. The van der Waals surface area contributed by atoms with Crippen molar-refractivity contribution >= 4 is 29.7 Å². The van der Waals surface area contributed by atoms with Crippen LogP contribution in [0.5, 0.6) is 0 Å². The van der Waals surface area contributed by atoms with Gasteiger partial charge in [-0.1, -0.05) is 6.08 Å². The van der Waals surface area contributed by atoms with Crippen LogP contribution in [-0.2, 0) is 33.3 Å². The lowest BCUT2D eigenvalue weighted by atomic mass is 9.99. The van der Waals surface area contributed by atoms with Crippen LogP contribution in [0.4, 0.5) is 0 Å². The van der Waals surface area contributed by atoms with Crippen LogP contribution in [0.1, 0.15) is 33.6 Å². The van der Waals surface area contributed by atoms with Gasteiger partial charge in [-0.2, -0.15) is 0 Å². The maximum Gasteiger partial charge on any atom is 0.303 e. The van der Waals surface area contributed by atoms with Gasteiger partial charge in [0.1, 0.15) is 11.5 Å². The zero-order valence-electron chi connectivity index (χ0n) is 15.2. The molecule has 0 bridgehead atoms. The van der Waals surface area contributed by atoms with E-state index < -0.39 is 54.4 Å². The summed E-state index contributed by atoms with van der Waals surface area (Å²) in [6, 6.07) is 0. The Morgan fingerprint density at radius 3 is 2.08 bits per heavy atom. The molecule has 9 heteroatoms. The Morgan fingerprint density at radius 2 is 1.58 bits per heavy atom. The van der Waals surface area contributed by atoms with Crippen molar-refractivity contribution in [2.24, 2.45) is 0 Å². The highest BCUT2D eigenvalue weighted by atomic mass is 32.2. The Morgan fingerprint density at radius 1 is 1.04 bits per heavy atom. The number of carbonyl (C=O) groups excluding carboxylic acids is 3. The van der Waals surface area contributed by atoms with Gasteiger partial charge in [0.15, 0.2) is 18.3 Å². The monoisotopic (exact) mass is 390 g/mol. The molecule has 5 atom stereocenters. The van der Waals surface area contributed by atoms with Gasteiger partial charge >= 0.3 is 17.9 Å². The summed E-state index contributed by atoms with van der Waals surface area (Å²) in [5.74, 6) is -1.17. The number of allylic oxidation sites excluding steroid dienone is 1. The second kappa shape index (κ2) is 11.2. The SMILES string of the molecule is C=CCCCS[C@H]1O[C@H](CO)[C@H](OC(C)=O)[C@H](OC(C)=O)[C@H]1OC(C)=O. The van der Waals surface area contributed by atoms with E-state index in [1.54, 1.807) is 6.08 Å². The zero-order valence-corrected chi connectivity index (χ0v) is 16.0. The van der Waals surface area contributed by atoms with E-state index >= 15 is 0 Å². The Kier molecular flexibility index (Phi) is 9.68. The van der Waals surface area contributed by atoms with E-state index in [1.807, 2.05) is 0 Å². The minimum atomic E-state index is -1.09. The average Bonchev–Trinajstić information content (AvgIpc) is 2.54. The van der Waals surface area contributed by atoms with E-state index in [0.29, 0.717) is 5.75 Å². The Bertz CT molecular complexity index is 509. The number of hydrogen-bond donors (Lipinski definition) is 1. The molecular formula is C17H26O8S. The van der Waals surface area contributed by atoms with Gasteiger partial charge in [0.25, 0.3) is 0 Å². The Hall–Kier alpha value is -1.58. The van der Waals surface area contributed by atoms with Gasteiger partial charge in [0, 0.05) is 20.8 Å². The predicted molar refractivity (Wildman–Crippen MR) is 94.3 cm³/mol. The van der Waals surface area contributed by atoms with Crippen molar-refractivity contribution in [3.8, 4) is 0 Å². The summed E-state index contributed by atoms with van der Waals surface area (Å²) >= 11 is 1.37. The van der Waals surface area contributed by atoms with Crippen molar-refractivity contribution in [2.75, 3.05) is 12.4 Å². The predicted octanol–water partition coefficient (Wildman–Crippen LogP) is 1.20. The van der Waals surface area contributed by atoms with Crippen LogP contribution in [0.25, 0.3) is 0 Å². The number of esters is 3. The molecule has 8 nitrogen and oxygen atoms in total. The second-order valence-corrected chi connectivity index (χ2v) is 6.96. The number of ether oxygens (including phenoxy) is 4. The van der Waals surface area contributed by atoms with Crippen molar-refractivity contribution in [1.29, 1.82) is 0 Å². The maximum absolute atomic E-state index is 11.6. The molecule has 1 aliphatic rings. The highest BCUT2D eigenvalue weighted by molar-refractivity contribution is 7.99. The van der Waals surface area contributed by atoms with Gasteiger partial charge in [0.05, 0.1) is 6.61 Å². The molecule has 0 spiro atoms. The van der Waals surface area contributed by atoms with Crippen LogP contribution in [0.2, 0.25) is 0 Å². The van der Waals surface area contributed by atoms with E-state index in [-0.39, 0.29) is 0 Å². The lowest BCUT2D eigenvalue weighted by Crippen LogP contribution is -2.61. The molecule has 26 heavy (non-hydrogen) atoms. The minimum Gasteiger partial charge on any atom is -0.456 e. The van der Waals surface area contributed by atoms with Crippen LogP contribution in [0, 0.1) is 0 Å². The number of rotatable bonds is 9. The molecule has 0 saturated carbocycles. The first-order chi connectivity index (χ1) is 12.3.